The third kappa shape index (κ3) is 4.00. The fourth-order valence-electron chi connectivity index (χ4n) is 2.35. The van der Waals surface area contributed by atoms with Crippen molar-refractivity contribution in [3.8, 4) is 5.82 Å². The molecule has 0 N–H and O–H groups in total. The number of pyridine rings is 1. The molecule has 2 aromatic heterocycles. The minimum absolute atomic E-state index is 0.0562. The van der Waals surface area contributed by atoms with Crippen molar-refractivity contribution in [2.75, 3.05) is 0 Å². The lowest BCUT2D eigenvalue weighted by Gasteiger charge is -2.09. The zero-order valence-corrected chi connectivity index (χ0v) is 15.2. The number of aromatic nitrogens is 3. The van der Waals surface area contributed by atoms with E-state index in [9.17, 15) is 4.79 Å². The molecule has 0 atom stereocenters. The Morgan fingerprint density at radius 2 is 1.84 bits per heavy atom. The van der Waals surface area contributed by atoms with Gasteiger partial charge < -0.3 is 4.74 Å². The summed E-state index contributed by atoms with van der Waals surface area (Å²) < 4.78 is 6.96. The molecule has 0 aliphatic carbocycles. The van der Waals surface area contributed by atoms with Gasteiger partial charge in [0.25, 0.3) is 0 Å². The van der Waals surface area contributed by atoms with Crippen LogP contribution < -0.4 is 0 Å². The lowest BCUT2D eigenvalue weighted by atomic mass is 10.2. The Labute approximate surface area is 155 Å². The summed E-state index contributed by atoms with van der Waals surface area (Å²) in [6, 6.07) is 12.3. The number of aryl methyl sites for hydroxylation is 2. The van der Waals surface area contributed by atoms with E-state index in [1.54, 1.807) is 41.1 Å². The van der Waals surface area contributed by atoms with Gasteiger partial charge in [0.15, 0.2) is 11.5 Å². The SMILES string of the molecule is Cc1cc(C)n(-c2ccc(Cl)c(C(=O)OCc3ccc(Cl)cc3)n2)n1. The van der Waals surface area contributed by atoms with Crippen LogP contribution in [0.15, 0.2) is 42.5 Å². The number of esters is 1. The smallest absolute Gasteiger partial charge is 0.358 e. The summed E-state index contributed by atoms with van der Waals surface area (Å²) in [5.41, 5.74) is 2.65. The number of nitrogens with zero attached hydrogens (tertiary/aromatic N) is 3. The predicted molar refractivity (Wildman–Crippen MR) is 96.4 cm³/mol. The van der Waals surface area contributed by atoms with E-state index in [1.165, 1.54) is 0 Å². The van der Waals surface area contributed by atoms with Crippen molar-refractivity contribution in [1.82, 2.24) is 14.8 Å². The number of hydrogen-bond donors (Lipinski definition) is 0. The zero-order valence-electron chi connectivity index (χ0n) is 13.7. The summed E-state index contributed by atoms with van der Waals surface area (Å²) in [5, 5.41) is 5.21. The molecule has 0 radical (unpaired) electrons. The van der Waals surface area contributed by atoms with Crippen LogP contribution in [0.4, 0.5) is 0 Å². The highest BCUT2D eigenvalue weighted by molar-refractivity contribution is 6.33. The van der Waals surface area contributed by atoms with Crippen molar-refractivity contribution >= 4 is 29.2 Å². The summed E-state index contributed by atoms with van der Waals surface area (Å²) in [4.78, 5) is 16.7. The van der Waals surface area contributed by atoms with E-state index in [0.29, 0.717) is 10.8 Å². The average Bonchev–Trinajstić information content (AvgIpc) is 2.93. The molecular weight excluding hydrogens is 361 g/mol. The number of carbonyl (C=O) groups excluding carboxylic acids is 1. The predicted octanol–water partition coefficient (Wildman–Crippen LogP) is 4.55. The first-order chi connectivity index (χ1) is 11.9. The summed E-state index contributed by atoms with van der Waals surface area (Å²) in [6.45, 7) is 3.91. The molecule has 5 nitrogen and oxygen atoms in total. The van der Waals surface area contributed by atoms with Gasteiger partial charge in [0.2, 0.25) is 0 Å². The molecular formula is C18H15Cl2N3O2. The van der Waals surface area contributed by atoms with Gasteiger partial charge in [-0.25, -0.2) is 14.5 Å². The van der Waals surface area contributed by atoms with Crippen LogP contribution in [0.1, 0.15) is 27.4 Å². The maximum absolute atomic E-state index is 12.4. The van der Waals surface area contributed by atoms with Gasteiger partial charge in [-0.1, -0.05) is 35.3 Å². The third-order valence-corrected chi connectivity index (χ3v) is 4.09. The van der Waals surface area contributed by atoms with Gasteiger partial charge in [-0.05, 0) is 49.7 Å². The topological polar surface area (TPSA) is 57.0 Å². The minimum atomic E-state index is -0.594. The van der Waals surface area contributed by atoms with Gasteiger partial charge in [0.1, 0.15) is 6.61 Å². The lowest BCUT2D eigenvalue weighted by molar-refractivity contribution is 0.0466. The van der Waals surface area contributed by atoms with Crippen molar-refractivity contribution in [3.63, 3.8) is 0 Å². The van der Waals surface area contributed by atoms with Crippen LogP contribution in [0.2, 0.25) is 10.0 Å². The molecule has 0 fully saturated rings. The molecule has 7 heteroatoms. The number of rotatable bonds is 4. The van der Waals surface area contributed by atoms with Crippen molar-refractivity contribution in [2.45, 2.75) is 20.5 Å². The third-order valence-electron chi connectivity index (χ3n) is 3.53. The maximum atomic E-state index is 12.4. The van der Waals surface area contributed by atoms with Crippen LogP contribution in [0.3, 0.4) is 0 Å². The molecule has 0 amide bonds. The summed E-state index contributed by atoms with van der Waals surface area (Å²) >= 11 is 12.0. The Balaban J connectivity index is 1.81. The van der Waals surface area contributed by atoms with Gasteiger partial charge in [-0.15, -0.1) is 0 Å². The van der Waals surface area contributed by atoms with Crippen LogP contribution in [0, 0.1) is 13.8 Å². The second-order valence-electron chi connectivity index (χ2n) is 5.54. The van der Waals surface area contributed by atoms with Gasteiger partial charge in [0.05, 0.1) is 10.7 Å². The molecule has 128 valence electrons. The highest BCUT2D eigenvalue weighted by atomic mass is 35.5. The zero-order chi connectivity index (χ0) is 18.0. The first kappa shape index (κ1) is 17.5. The van der Waals surface area contributed by atoms with Crippen molar-refractivity contribution in [3.05, 3.63) is 75.2 Å². The first-order valence-corrected chi connectivity index (χ1v) is 8.31. The van der Waals surface area contributed by atoms with Crippen molar-refractivity contribution in [2.24, 2.45) is 0 Å². The molecule has 2 heterocycles. The molecule has 0 aliphatic rings. The van der Waals surface area contributed by atoms with Crippen LogP contribution in [0.25, 0.3) is 5.82 Å². The van der Waals surface area contributed by atoms with E-state index in [1.807, 2.05) is 19.9 Å². The van der Waals surface area contributed by atoms with Gasteiger partial charge in [-0.3, -0.25) is 0 Å². The van der Waals surface area contributed by atoms with E-state index in [4.69, 9.17) is 27.9 Å². The summed E-state index contributed by atoms with van der Waals surface area (Å²) in [6.07, 6.45) is 0. The molecule has 0 unspecified atom stereocenters. The summed E-state index contributed by atoms with van der Waals surface area (Å²) in [7, 11) is 0. The Bertz CT molecular complexity index is 921. The molecule has 0 aliphatic heterocycles. The van der Waals surface area contributed by atoms with Crippen LogP contribution >= 0.6 is 23.2 Å². The van der Waals surface area contributed by atoms with E-state index >= 15 is 0 Å². The molecule has 0 spiro atoms. The largest absolute Gasteiger partial charge is 0.456 e. The van der Waals surface area contributed by atoms with Crippen molar-refractivity contribution in [1.29, 1.82) is 0 Å². The van der Waals surface area contributed by atoms with Gasteiger partial charge >= 0.3 is 5.97 Å². The Kier molecular flexibility index (Phi) is 5.06. The second-order valence-corrected chi connectivity index (χ2v) is 6.39. The van der Waals surface area contributed by atoms with E-state index in [0.717, 1.165) is 17.0 Å². The molecule has 1 aromatic carbocycles. The first-order valence-electron chi connectivity index (χ1n) is 7.56. The highest BCUT2D eigenvalue weighted by Crippen LogP contribution is 2.19. The molecule has 0 saturated heterocycles. The molecule has 3 rings (SSSR count). The van der Waals surface area contributed by atoms with Gasteiger partial charge in [0, 0.05) is 10.7 Å². The Morgan fingerprint density at radius 1 is 1.12 bits per heavy atom. The normalized spacial score (nSPS) is 10.7. The van der Waals surface area contributed by atoms with Crippen LogP contribution in [0.5, 0.6) is 0 Å². The summed E-state index contributed by atoms with van der Waals surface area (Å²) in [5.74, 6) is -0.0863. The number of benzene rings is 1. The Hall–Kier alpha value is -2.37. The van der Waals surface area contributed by atoms with E-state index in [-0.39, 0.29) is 17.3 Å². The lowest BCUT2D eigenvalue weighted by Crippen LogP contribution is -2.11. The molecule has 3 aromatic rings. The molecule has 0 bridgehead atoms. The monoisotopic (exact) mass is 375 g/mol. The van der Waals surface area contributed by atoms with E-state index < -0.39 is 5.97 Å². The van der Waals surface area contributed by atoms with E-state index in [2.05, 4.69) is 10.1 Å². The second kappa shape index (κ2) is 7.25. The van der Waals surface area contributed by atoms with Gasteiger partial charge in [-0.2, -0.15) is 5.10 Å². The standard InChI is InChI=1S/C18H15Cl2N3O2/c1-11-9-12(2)23(22-11)16-8-7-15(20)17(21-16)18(24)25-10-13-3-5-14(19)6-4-13/h3-9H,10H2,1-2H3. The fraction of sp³-hybridized carbons (Fsp3) is 0.167. The number of carbonyl (C=O) groups is 1. The number of hydrogen-bond acceptors (Lipinski definition) is 4. The van der Waals surface area contributed by atoms with Crippen LogP contribution in [-0.4, -0.2) is 20.7 Å². The number of halogens is 2. The van der Waals surface area contributed by atoms with Crippen LogP contribution in [-0.2, 0) is 11.3 Å². The fourth-order valence-corrected chi connectivity index (χ4v) is 2.66. The number of ether oxygens (including phenoxy) is 1. The minimum Gasteiger partial charge on any atom is -0.456 e. The maximum Gasteiger partial charge on any atom is 0.358 e. The molecule has 0 saturated carbocycles. The van der Waals surface area contributed by atoms with Crippen molar-refractivity contribution < 1.29 is 9.53 Å². The Morgan fingerprint density at radius 3 is 2.48 bits per heavy atom. The highest BCUT2D eigenvalue weighted by Gasteiger charge is 2.16. The molecule has 25 heavy (non-hydrogen) atoms. The average molecular weight is 376 g/mol. The quantitative estimate of drug-likeness (QED) is 0.627.